The van der Waals surface area contributed by atoms with Crippen molar-refractivity contribution < 1.29 is 9.47 Å². The predicted molar refractivity (Wildman–Crippen MR) is 87.7 cm³/mol. The molecule has 1 unspecified atom stereocenters. The fraction of sp³-hybridized carbons (Fsp3) is 0.294. The third kappa shape index (κ3) is 3.82. The molecule has 0 aliphatic carbocycles. The summed E-state index contributed by atoms with van der Waals surface area (Å²) in [5, 5.41) is 4.25. The number of nitrogens with one attached hydrogen (secondary N) is 1. The van der Waals surface area contributed by atoms with Gasteiger partial charge in [-0.15, -0.1) is 0 Å². The van der Waals surface area contributed by atoms with Gasteiger partial charge in [0.15, 0.2) is 0 Å². The summed E-state index contributed by atoms with van der Waals surface area (Å²) in [4.78, 5) is 0. The van der Waals surface area contributed by atoms with Crippen LogP contribution in [0.3, 0.4) is 0 Å². The summed E-state index contributed by atoms with van der Waals surface area (Å²) in [5.41, 5.74) is 2.10. The van der Waals surface area contributed by atoms with E-state index in [0.717, 1.165) is 28.6 Å². The Hall–Kier alpha value is -1.87. The molecule has 0 bridgehead atoms. The van der Waals surface area contributed by atoms with Crippen LogP contribution in [-0.2, 0) is 0 Å². The molecule has 0 aliphatic rings. The average molecular weight is 306 g/mol. The highest BCUT2D eigenvalue weighted by molar-refractivity contribution is 6.30. The Bertz CT molecular complexity index is 584. The zero-order valence-electron chi connectivity index (χ0n) is 12.5. The van der Waals surface area contributed by atoms with Crippen molar-refractivity contribution in [3.8, 4) is 11.5 Å². The predicted octanol–water partition coefficient (Wildman–Crippen LogP) is 4.92. The molecule has 0 saturated heterocycles. The van der Waals surface area contributed by atoms with Crippen LogP contribution in [0.5, 0.6) is 11.5 Å². The molecule has 0 radical (unpaired) electrons. The van der Waals surface area contributed by atoms with Gasteiger partial charge in [-0.3, -0.25) is 0 Å². The van der Waals surface area contributed by atoms with E-state index in [1.807, 2.05) is 42.5 Å². The van der Waals surface area contributed by atoms with E-state index >= 15 is 0 Å². The summed E-state index contributed by atoms with van der Waals surface area (Å²) >= 11 is 5.95. The minimum Gasteiger partial charge on any atom is -0.497 e. The Morgan fingerprint density at radius 2 is 1.76 bits per heavy atom. The van der Waals surface area contributed by atoms with Crippen molar-refractivity contribution in [1.29, 1.82) is 0 Å². The van der Waals surface area contributed by atoms with Gasteiger partial charge in [0.1, 0.15) is 11.5 Å². The molecule has 1 atom stereocenters. The lowest BCUT2D eigenvalue weighted by Crippen LogP contribution is -2.10. The summed E-state index contributed by atoms with van der Waals surface area (Å²) < 4.78 is 10.7. The maximum atomic E-state index is 5.95. The van der Waals surface area contributed by atoms with E-state index in [1.165, 1.54) is 5.56 Å². The molecule has 0 aromatic heterocycles. The van der Waals surface area contributed by atoms with Crippen LogP contribution in [0.4, 0.5) is 5.69 Å². The SMILES string of the molecule is CCC(Nc1cc(OC)ccc1OC)c1ccc(Cl)cc1. The van der Waals surface area contributed by atoms with Crippen LogP contribution >= 0.6 is 11.6 Å². The van der Waals surface area contributed by atoms with Crippen molar-refractivity contribution in [3.63, 3.8) is 0 Å². The number of methoxy groups -OCH3 is 2. The van der Waals surface area contributed by atoms with E-state index < -0.39 is 0 Å². The molecule has 3 nitrogen and oxygen atoms in total. The lowest BCUT2D eigenvalue weighted by atomic mass is 10.0. The number of hydrogen-bond donors (Lipinski definition) is 1. The van der Waals surface area contributed by atoms with E-state index in [2.05, 4.69) is 12.2 Å². The molecule has 1 N–H and O–H groups in total. The van der Waals surface area contributed by atoms with E-state index in [1.54, 1.807) is 14.2 Å². The Morgan fingerprint density at radius 1 is 1.05 bits per heavy atom. The van der Waals surface area contributed by atoms with Crippen LogP contribution in [0.2, 0.25) is 5.02 Å². The zero-order chi connectivity index (χ0) is 15.2. The van der Waals surface area contributed by atoms with Crippen molar-refractivity contribution in [2.24, 2.45) is 0 Å². The second-order valence-electron chi connectivity index (χ2n) is 4.72. The second-order valence-corrected chi connectivity index (χ2v) is 5.16. The van der Waals surface area contributed by atoms with Crippen molar-refractivity contribution >= 4 is 17.3 Å². The van der Waals surface area contributed by atoms with Gasteiger partial charge in [-0.05, 0) is 36.2 Å². The lowest BCUT2D eigenvalue weighted by molar-refractivity contribution is 0.404. The van der Waals surface area contributed by atoms with Crippen molar-refractivity contribution in [1.82, 2.24) is 0 Å². The van der Waals surface area contributed by atoms with E-state index in [9.17, 15) is 0 Å². The first-order chi connectivity index (χ1) is 10.2. The normalized spacial score (nSPS) is 11.8. The van der Waals surface area contributed by atoms with E-state index in [4.69, 9.17) is 21.1 Å². The van der Waals surface area contributed by atoms with Gasteiger partial charge in [-0.2, -0.15) is 0 Å². The minimum absolute atomic E-state index is 0.184. The molecule has 2 rings (SSSR count). The van der Waals surface area contributed by atoms with Crippen LogP contribution in [0.1, 0.15) is 24.9 Å². The number of rotatable bonds is 6. The highest BCUT2D eigenvalue weighted by atomic mass is 35.5. The molecule has 2 aromatic carbocycles. The Morgan fingerprint density at radius 3 is 2.33 bits per heavy atom. The first-order valence-electron chi connectivity index (χ1n) is 6.92. The van der Waals surface area contributed by atoms with Gasteiger partial charge in [-0.1, -0.05) is 30.7 Å². The molecule has 0 saturated carbocycles. The van der Waals surface area contributed by atoms with Crippen LogP contribution in [0.25, 0.3) is 0 Å². The van der Waals surface area contributed by atoms with E-state index in [-0.39, 0.29) is 6.04 Å². The molecule has 4 heteroatoms. The molecule has 0 spiro atoms. The Kier molecular flexibility index (Phi) is 5.34. The number of ether oxygens (including phenoxy) is 2. The van der Waals surface area contributed by atoms with Gasteiger partial charge >= 0.3 is 0 Å². The molecule has 112 valence electrons. The third-order valence-corrected chi connectivity index (χ3v) is 3.67. The summed E-state index contributed by atoms with van der Waals surface area (Å²) in [6.45, 7) is 2.14. The first-order valence-corrected chi connectivity index (χ1v) is 7.29. The maximum Gasteiger partial charge on any atom is 0.142 e. The highest BCUT2D eigenvalue weighted by Gasteiger charge is 2.12. The fourth-order valence-electron chi connectivity index (χ4n) is 2.23. The molecule has 2 aromatic rings. The molecular formula is C17H20ClNO2. The molecule has 0 amide bonds. The Balaban J connectivity index is 2.27. The van der Waals surface area contributed by atoms with Crippen LogP contribution in [-0.4, -0.2) is 14.2 Å². The molecule has 0 fully saturated rings. The van der Waals surface area contributed by atoms with E-state index in [0.29, 0.717) is 0 Å². The smallest absolute Gasteiger partial charge is 0.142 e. The van der Waals surface area contributed by atoms with Gasteiger partial charge in [-0.25, -0.2) is 0 Å². The largest absolute Gasteiger partial charge is 0.497 e. The molecule has 0 heterocycles. The van der Waals surface area contributed by atoms with Crippen LogP contribution < -0.4 is 14.8 Å². The summed E-state index contributed by atoms with van der Waals surface area (Å²) in [6, 6.07) is 13.8. The summed E-state index contributed by atoms with van der Waals surface area (Å²) in [6.07, 6.45) is 0.946. The van der Waals surface area contributed by atoms with Gasteiger partial charge in [0.2, 0.25) is 0 Å². The van der Waals surface area contributed by atoms with Gasteiger partial charge in [0.05, 0.1) is 25.9 Å². The number of hydrogen-bond acceptors (Lipinski definition) is 3. The zero-order valence-corrected chi connectivity index (χ0v) is 13.3. The average Bonchev–Trinajstić information content (AvgIpc) is 2.53. The van der Waals surface area contributed by atoms with Gasteiger partial charge < -0.3 is 14.8 Å². The van der Waals surface area contributed by atoms with Crippen LogP contribution in [0, 0.1) is 0 Å². The quantitative estimate of drug-likeness (QED) is 0.821. The van der Waals surface area contributed by atoms with Crippen LogP contribution in [0.15, 0.2) is 42.5 Å². The third-order valence-electron chi connectivity index (χ3n) is 3.42. The lowest BCUT2D eigenvalue weighted by Gasteiger charge is -2.21. The second kappa shape index (κ2) is 7.23. The molecule has 21 heavy (non-hydrogen) atoms. The number of halogens is 1. The summed E-state index contributed by atoms with van der Waals surface area (Å²) in [7, 11) is 3.32. The first kappa shape index (κ1) is 15.5. The minimum atomic E-state index is 0.184. The monoisotopic (exact) mass is 305 g/mol. The maximum absolute atomic E-state index is 5.95. The summed E-state index contributed by atoms with van der Waals surface area (Å²) in [5.74, 6) is 1.59. The van der Waals surface area contributed by atoms with Crippen molar-refractivity contribution in [2.45, 2.75) is 19.4 Å². The molecular weight excluding hydrogens is 286 g/mol. The molecule has 0 aliphatic heterocycles. The van der Waals surface area contributed by atoms with Crippen molar-refractivity contribution in [3.05, 3.63) is 53.1 Å². The Labute approximate surface area is 130 Å². The standard InChI is InChI=1S/C17H20ClNO2/c1-4-15(12-5-7-13(18)8-6-12)19-16-11-14(20-2)9-10-17(16)21-3/h5-11,15,19H,4H2,1-3H3. The number of benzene rings is 2. The van der Waals surface area contributed by atoms with Gasteiger partial charge in [0.25, 0.3) is 0 Å². The van der Waals surface area contributed by atoms with Gasteiger partial charge in [0, 0.05) is 11.1 Å². The highest BCUT2D eigenvalue weighted by Crippen LogP contribution is 2.33. The number of anilines is 1. The topological polar surface area (TPSA) is 30.5 Å². The van der Waals surface area contributed by atoms with Crippen molar-refractivity contribution in [2.75, 3.05) is 19.5 Å². The fourth-order valence-corrected chi connectivity index (χ4v) is 2.36.